The fraction of sp³-hybridized carbons (Fsp3) is 0.471. The maximum Gasteiger partial charge on any atom is 0.414 e. The fourth-order valence-electron chi connectivity index (χ4n) is 3.11. The van der Waals surface area contributed by atoms with Crippen LogP contribution >= 0.6 is 12.6 Å². The van der Waals surface area contributed by atoms with Crippen molar-refractivity contribution in [3.05, 3.63) is 24.0 Å². The predicted octanol–water partition coefficient (Wildman–Crippen LogP) is 0.475. The third-order valence-electron chi connectivity index (χ3n) is 4.59. The van der Waals surface area contributed by atoms with Gasteiger partial charge < -0.3 is 19.9 Å². The Morgan fingerprint density at radius 1 is 1.33 bits per heavy atom. The monoisotopic (exact) mass is 396 g/mol. The molecule has 3 amide bonds. The number of cyclic esters (lactones) is 1. The second-order valence-electron chi connectivity index (χ2n) is 6.34. The molecule has 0 aliphatic carbocycles. The van der Waals surface area contributed by atoms with Crippen LogP contribution in [0, 0.1) is 5.82 Å². The first-order valence-electron chi connectivity index (χ1n) is 8.61. The van der Waals surface area contributed by atoms with Crippen LogP contribution in [0.1, 0.15) is 0 Å². The van der Waals surface area contributed by atoms with Crippen LogP contribution in [0.4, 0.5) is 20.6 Å². The molecule has 27 heavy (non-hydrogen) atoms. The molecule has 2 aliphatic rings. The van der Waals surface area contributed by atoms with Crippen LogP contribution in [0.25, 0.3) is 0 Å². The van der Waals surface area contributed by atoms with Gasteiger partial charge >= 0.3 is 6.09 Å². The van der Waals surface area contributed by atoms with Crippen molar-refractivity contribution in [3.63, 3.8) is 0 Å². The van der Waals surface area contributed by atoms with E-state index < -0.39 is 18.0 Å². The normalized spacial score (nSPS) is 19.9. The summed E-state index contributed by atoms with van der Waals surface area (Å²) in [6.07, 6.45) is -0.280. The van der Waals surface area contributed by atoms with Gasteiger partial charge in [-0.15, -0.1) is 0 Å². The summed E-state index contributed by atoms with van der Waals surface area (Å²) in [7, 11) is 0. The van der Waals surface area contributed by atoms with E-state index in [1.165, 1.54) is 11.0 Å². The zero-order valence-corrected chi connectivity index (χ0v) is 15.5. The number of halogens is 1. The molecule has 0 spiro atoms. The van der Waals surface area contributed by atoms with E-state index in [2.05, 4.69) is 17.9 Å². The molecule has 0 saturated carbocycles. The van der Waals surface area contributed by atoms with Crippen LogP contribution in [-0.2, 0) is 14.3 Å². The number of nitrogens with one attached hydrogen (secondary N) is 1. The molecule has 1 atom stereocenters. The zero-order chi connectivity index (χ0) is 19.4. The average Bonchev–Trinajstić information content (AvgIpc) is 3.06. The lowest BCUT2D eigenvalue weighted by molar-refractivity contribution is -0.119. The van der Waals surface area contributed by atoms with Crippen molar-refractivity contribution < 1.29 is 23.5 Å². The number of hydrogen-bond donors (Lipinski definition) is 2. The Bertz CT molecular complexity index is 727. The summed E-state index contributed by atoms with van der Waals surface area (Å²) in [5.74, 6) is -0.636. The highest BCUT2D eigenvalue weighted by Crippen LogP contribution is 2.28. The first kappa shape index (κ1) is 19.3. The SMILES string of the molecule is O=CN1CCN(c2ccc(N3CC(CNC(=O)CS)OC3=O)cc2F)CC1. The van der Waals surface area contributed by atoms with E-state index in [9.17, 15) is 18.8 Å². The summed E-state index contributed by atoms with van der Waals surface area (Å²) in [6.45, 7) is 2.60. The van der Waals surface area contributed by atoms with Crippen molar-refractivity contribution in [2.75, 3.05) is 54.8 Å². The van der Waals surface area contributed by atoms with Gasteiger partial charge in [0.05, 0.1) is 30.2 Å². The van der Waals surface area contributed by atoms with Crippen molar-refractivity contribution in [2.45, 2.75) is 6.10 Å². The lowest BCUT2D eigenvalue weighted by atomic mass is 10.2. The maximum atomic E-state index is 14.6. The number of piperazine rings is 1. The van der Waals surface area contributed by atoms with E-state index in [0.717, 1.165) is 6.41 Å². The zero-order valence-electron chi connectivity index (χ0n) is 14.6. The molecule has 1 N–H and O–H groups in total. The summed E-state index contributed by atoms with van der Waals surface area (Å²) >= 11 is 3.86. The van der Waals surface area contributed by atoms with Crippen LogP contribution in [-0.4, -0.2) is 74.4 Å². The van der Waals surface area contributed by atoms with E-state index in [1.54, 1.807) is 17.0 Å². The van der Waals surface area contributed by atoms with Crippen molar-refractivity contribution in [3.8, 4) is 0 Å². The maximum absolute atomic E-state index is 14.6. The molecule has 1 aromatic carbocycles. The molecule has 3 rings (SSSR count). The number of nitrogens with zero attached hydrogens (tertiary/aromatic N) is 3. The highest BCUT2D eigenvalue weighted by Gasteiger charge is 2.33. The van der Waals surface area contributed by atoms with Gasteiger partial charge in [-0.3, -0.25) is 14.5 Å². The van der Waals surface area contributed by atoms with E-state index in [1.807, 2.05) is 4.90 Å². The van der Waals surface area contributed by atoms with Crippen molar-refractivity contribution in [1.29, 1.82) is 0 Å². The summed E-state index contributed by atoms with van der Waals surface area (Å²) in [4.78, 5) is 39.0. The van der Waals surface area contributed by atoms with Crippen LogP contribution in [0.3, 0.4) is 0 Å². The Labute approximate surface area is 161 Å². The van der Waals surface area contributed by atoms with Gasteiger partial charge in [-0.25, -0.2) is 9.18 Å². The van der Waals surface area contributed by atoms with Crippen LogP contribution in [0.15, 0.2) is 18.2 Å². The number of ether oxygens (including phenoxy) is 1. The number of anilines is 2. The Hall–Kier alpha value is -2.49. The Morgan fingerprint density at radius 2 is 2.07 bits per heavy atom. The fourth-order valence-corrected chi connectivity index (χ4v) is 3.22. The minimum absolute atomic E-state index is 0.0537. The minimum atomic E-state index is -0.577. The second-order valence-corrected chi connectivity index (χ2v) is 6.66. The molecule has 8 nitrogen and oxygen atoms in total. The number of carbonyl (C=O) groups is 3. The molecule has 2 saturated heterocycles. The van der Waals surface area contributed by atoms with Crippen LogP contribution < -0.4 is 15.1 Å². The molecule has 2 aliphatic heterocycles. The largest absolute Gasteiger partial charge is 0.442 e. The topological polar surface area (TPSA) is 82.2 Å². The predicted molar refractivity (Wildman–Crippen MR) is 101 cm³/mol. The van der Waals surface area contributed by atoms with Gasteiger partial charge in [-0.05, 0) is 18.2 Å². The highest BCUT2D eigenvalue weighted by atomic mass is 32.1. The van der Waals surface area contributed by atoms with Gasteiger partial charge in [-0.1, -0.05) is 0 Å². The van der Waals surface area contributed by atoms with E-state index in [4.69, 9.17) is 4.74 Å². The number of thiol groups is 1. The first-order valence-corrected chi connectivity index (χ1v) is 9.24. The lowest BCUT2D eigenvalue weighted by Gasteiger charge is -2.34. The average molecular weight is 396 g/mol. The number of amides is 3. The van der Waals surface area contributed by atoms with Gasteiger partial charge in [0.1, 0.15) is 11.9 Å². The summed E-state index contributed by atoms with van der Waals surface area (Å²) in [6, 6.07) is 4.60. The smallest absolute Gasteiger partial charge is 0.414 e. The second kappa shape index (κ2) is 8.47. The van der Waals surface area contributed by atoms with Gasteiger partial charge in [-0.2, -0.15) is 12.6 Å². The Kier molecular flexibility index (Phi) is 6.04. The number of hydrogen-bond acceptors (Lipinski definition) is 6. The molecular weight excluding hydrogens is 375 g/mol. The standard InChI is InChI=1S/C17H21FN4O4S/c18-14-7-12(1-2-15(14)21-5-3-20(11-23)4-6-21)22-9-13(26-17(22)25)8-19-16(24)10-27/h1-2,7,11,13,27H,3-6,8-10H2,(H,19,24). The summed E-state index contributed by atoms with van der Waals surface area (Å²) in [5, 5.41) is 2.61. The van der Waals surface area contributed by atoms with E-state index in [0.29, 0.717) is 37.6 Å². The molecule has 0 bridgehead atoms. The van der Waals surface area contributed by atoms with Crippen LogP contribution in [0.5, 0.6) is 0 Å². The van der Waals surface area contributed by atoms with Crippen molar-refractivity contribution in [1.82, 2.24) is 10.2 Å². The molecule has 146 valence electrons. The third kappa shape index (κ3) is 4.44. The Morgan fingerprint density at radius 3 is 2.70 bits per heavy atom. The molecule has 2 fully saturated rings. The Balaban J connectivity index is 1.64. The number of rotatable bonds is 6. The molecule has 10 heteroatoms. The van der Waals surface area contributed by atoms with Crippen molar-refractivity contribution in [2.24, 2.45) is 0 Å². The minimum Gasteiger partial charge on any atom is -0.442 e. The van der Waals surface area contributed by atoms with Gasteiger partial charge in [0, 0.05) is 26.2 Å². The quantitative estimate of drug-likeness (QED) is 0.540. The first-order chi connectivity index (χ1) is 13.0. The van der Waals surface area contributed by atoms with Gasteiger partial charge in [0.25, 0.3) is 0 Å². The van der Waals surface area contributed by atoms with Crippen LogP contribution in [0.2, 0.25) is 0 Å². The van der Waals surface area contributed by atoms with Gasteiger partial charge in [0.15, 0.2) is 0 Å². The number of carbonyl (C=O) groups excluding carboxylic acids is 3. The van der Waals surface area contributed by atoms with E-state index >= 15 is 0 Å². The highest BCUT2D eigenvalue weighted by molar-refractivity contribution is 7.81. The number of benzene rings is 1. The molecule has 1 aromatic rings. The molecule has 2 heterocycles. The third-order valence-corrected chi connectivity index (χ3v) is 4.88. The summed E-state index contributed by atoms with van der Waals surface area (Å²) in [5.41, 5.74) is 0.838. The lowest BCUT2D eigenvalue weighted by Crippen LogP contribution is -2.46. The summed E-state index contributed by atoms with van der Waals surface area (Å²) < 4.78 is 19.8. The van der Waals surface area contributed by atoms with Gasteiger partial charge in [0.2, 0.25) is 12.3 Å². The molecule has 0 aromatic heterocycles. The van der Waals surface area contributed by atoms with E-state index in [-0.39, 0.29) is 24.7 Å². The molecule has 0 radical (unpaired) electrons. The molecular formula is C17H21FN4O4S. The van der Waals surface area contributed by atoms with Crippen molar-refractivity contribution >= 4 is 42.4 Å². The molecule has 1 unspecified atom stereocenters.